The summed E-state index contributed by atoms with van der Waals surface area (Å²) in [7, 11) is 1.66. The van der Waals surface area contributed by atoms with Gasteiger partial charge in [0.05, 0.1) is 7.11 Å². The number of benzene rings is 1. The van der Waals surface area contributed by atoms with Crippen LogP contribution in [0.1, 0.15) is 33.9 Å². The van der Waals surface area contributed by atoms with Crippen molar-refractivity contribution < 1.29 is 9.47 Å². The molecule has 2 heterocycles. The van der Waals surface area contributed by atoms with Crippen molar-refractivity contribution >= 4 is 11.3 Å². The van der Waals surface area contributed by atoms with Gasteiger partial charge in [0.1, 0.15) is 17.6 Å². The lowest BCUT2D eigenvalue weighted by atomic mass is 9.96. The maximum absolute atomic E-state index is 6.26. The van der Waals surface area contributed by atoms with E-state index in [4.69, 9.17) is 15.2 Å². The molecule has 0 spiro atoms. The summed E-state index contributed by atoms with van der Waals surface area (Å²) in [4.78, 5) is 2.53. The molecule has 2 aromatic rings. The Morgan fingerprint density at radius 1 is 1.32 bits per heavy atom. The number of rotatable bonds is 2. The second-order valence-electron chi connectivity index (χ2n) is 4.80. The van der Waals surface area contributed by atoms with Crippen LogP contribution in [0.15, 0.2) is 30.3 Å². The number of fused-ring (bicyclic) bond motifs is 1. The molecule has 1 aromatic heterocycles. The molecule has 0 fully saturated rings. The van der Waals surface area contributed by atoms with E-state index >= 15 is 0 Å². The first kappa shape index (κ1) is 12.5. The van der Waals surface area contributed by atoms with E-state index in [9.17, 15) is 0 Å². The number of thiophene rings is 1. The van der Waals surface area contributed by atoms with Gasteiger partial charge in [0.25, 0.3) is 0 Å². The molecule has 3 rings (SSSR count). The molecule has 1 aliphatic heterocycles. The summed E-state index contributed by atoms with van der Waals surface area (Å²) >= 11 is 1.77. The van der Waals surface area contributed by atoms with Gasteiger partial charge in [0.15, 0.2) is 0 Å². The Labute approximate surface area is 117 Å². The predicted molar refractivity (Wildman–Crippen MR) is 77.0 cm³/mol. The molecule has 1 aromatic carbocycles. The average Bonchev–Trinajstić information content (AvgIpc) is 2.84. The van der Waals surface area contributed by atoms with Gasteiger partial charge in [-0.15, -0.1) is 11.3 Å². The first-order valence-electron chi connectivity index (χ1n) is 6.34. The topological polar surface area (TPSA) is 44.5 Å². The third-order valence-electron chi connectivity index (χ3n) is 3.44. The first-order valence-corrected chi connectivity index (χ1v) is 7.15. The van der Waals surface area contributed by atoms with Crippen LogP contribution in [0.4, 0.5) is 0 Å². The quantitative estimate of drug-likeness (QED) is 0.911. The number of hydrogen-bond donors (Lipinski definition) is 1. The van der Waals surface area contributed by atoms with Gasteiger partial charge in [0, 0.05) is 33.8 Å². The average molecular weight is 275 g/mol. The maximum atomic E-state index is 6.26. The summed E-state index contributed by atoms with van der Waals surface area (Å²) in [6.07, 6.45) is 0.868. The monoisotopic (exact) mass is 275 g/mol. The molecule has 1 unspecified atom stereocenters. The van der Waals surface area contributed by atoms with Crippen molar-refractivity contribution in [2.24, 2.45) is 5.73 Å². The largest absolute Gasteiger partial charge is 0.497 e. The molecule has 100 valence electrons. The zero-order valence-corrected chi connectivity index (χ0v) is 11.9. The number of methoxy groups -OCH3 is 1. The Balaban J connectivity index is 1.93. The summed E-state index contributed by atoms with van der Waals surface area (Å²) in [6, 6.07) is 10.1. The van der Waals surface area contributed by atoms with Crippen molar-refractivity contribution in [3.05, 3.63) is 45.6 Å². The van der Waals surface area contributed by atoms with Crippen molar-refractivity contribution in [1.82, 2.24) is 0 Å². The molecule has 0 saturated heterocycles. The van der Waals surface area contributed by atoms with Crippen LogP contribution in [0.2, 0.25) is 0 Å². The Hall–Kier alpha value is -1.52. The zero-order valence-electron chi connectivity index (χ0n) is 11.1. The van der Waals surface area contributed by atoms with Gasteiger partial charge >= 0.3 is 0 Å². The summed E-state index contributed by atoms with van der Waals surface area (Å²) in [6.45, 7) is 2.11. The fourth-order valence-electron chi connectivity index (χ4n) is 2.41. The van der Waals surface area contributed by atoms with E-state index in [1.165, 1.54) is 9.75 Å². The molecule has 19 heavy (non-hydrogen) atoms. The van der Waals surface area contributed by atoms with Gasteiger partial charge in [-0.25, -0.2) is 0 Å². The molecule has 0 bridgehead atoms. The third kappa shape index (κ3) is 2.33. The van der Waals surface area contributed by atoms with Crippen molar-refractivity contribution in [2.75, 3.05) is 7.11 Å². The van der Waals surface area contributed by atoms with Crippen molar-refractivity contribution in [3.8, 4) is 11.5 Å². The minimum absolute atomic E-state index is 0.0158. The first-order chi connectivity index (χ1) is 9.17. The van der Waals surface area contributed by atoms with Crippen molar-refractivity contribution in [3.63, 3.8) is 0 Å². The summed E-state index contributed by atoms with van der Waals surface area (Å²) in [5.74, 6) is 1.64. The Morgan fingerprint density at radius 2 is 2.16 bits per heavy atom. The smallest absolute Gasteiger partial charge is 0.135 e. The van der Waals surface area contributed by atoms with Gasteiger partial charge in [-0.05, 0) is 25.1 Å². The van der Waals surface area contributed by atoms with Crippen LogP contribution in [0.25, 0.3) is 0 Å². The van der Waals surface area contributed by atoms with Gasteiger partial charge in [-0.2, -0.15) is 0 Å². The number of aryl methyl sites for hydroxylation is 1. The number of ether oxygens (including phenoxy) is 2. The van der Waals surface area contributed by atoms with Crippen molar-refractivity contribution in [1.29, 1.82) is 0 Å². The van der Waals surface area contributed by atoms with E-state index in [0.29, 0.717) is 0 Å². The second kappa shape index (κ2) is 4.87. The molecule has 1 aliphatic rings. The highest BCUT2D eigenvalue weighted by Gasteiger charge is 2.28. The fourth-order valence-corrected chi connectivity index (χ4v) is 3.33. The molecule has 0 amide bonds. The van der Waals surface area contributed by atoms with Crippen LogP contribution < -0.4 is 15.2 Å². The molecule has 0 radical (unpaired) electrons. The van der Waals surface area contributed by atoms with Crippen LogP contribution in [-0.4, -0.2) is 7.11 Å². The molecule has 4 heteroatoms. The van der Waals surface area contributed by atoms with Crippen LogP contribution in [0.3, 0.4) is 0 Å². The van der Waals surface area contributed by atoms with Crippen molar-refractivity contribution in [2.45, 2.75) is 25.5 Å². The van der Waals surface area contributed by atoms with Gasteiger partial charge in [0.2, 0.25) is 0 Å². The highest BCUT2D eigenvalue weighted by molar-refractivity contribution is 7.12. The van der Waals surface area contributed by atoms with E-state index in [-0.39, 0.29) is 12.1 Å². The molecule has 2 N–H and O–H groups in total. The van der Waals surface area contributed by atoms with Crippen LogP contribution >= 0.6 is 11.3 Å². The SMILES string of the molecule is COc1ccc2c(c1)OC(c1ccc(C)s1)C[C@@H]2N. The molecular formula is C15H17NO2S. The van der Waals surface area contributed by atoms with Crippen LogP contribution in [0, 0.1) is 6.92 Å². The van der Waals surface area contributed by atoms with Gasteiger partial charge in [-0.1, -0.05) is 6.07 Å². The molecule has 3 nitrogen and oxygen atoms in total. The minimum atomic E-state index is 0.0158. The molecule has 2 atom stereocenters. The zero-order chi connectivity index (χ0) is 13.4. The lowest BCUT2D eigenvalue weighted by molar-refractivity contribution is 0.164. The fraction of sp³-hybridized carbons (Fsp3) is 0.333. The van der Waals surface area contributed by atoms with Gasteiger partial charge in [-0.3, -0.25) is 0 Å². The van der Waals surface area contributed by atoms with Gasteiger partial charge < -0.3 is 15.2 Å². The van der Waals surface area contributed by atoms with E-state index in [1.54, 1.807) is 18.4 Å². The summed E-state index contributed by atoms with van der Waals surface area (Å²) in [5, 5.41) is 0. The third-order valence-corrected chi connectivity index (χ3v) is 4.53. The second-order valence-corrected chi connectivity index (χ2v) is 6.12. The lowest BCUT2D eigenvalue weighted by Crippen LogP contribution is -2.23. The Kier molecular flexibility index (Phi) is 3.21. The summed E-state index contributed by atoms with van der Waals surface area (Å²) in [5.41, 5.74) is 7.32. The molecular weight excluding hydrogens is 258 g/mol. The number of nitrogens with two attached hydrogens (primary N) is 1. The van der Waals surface area contributed by atoms with E-state index in [0.717, 1.165) is 23.5 Å². The van der Waals surface area contributed by atoms with E-state index < -0.39 is 0 Å². The van der Waals surface area contributed by atoms with E-state index in [2.05, 4.69) is 19.1 Å². The number of hydrogen-bond acceptors (Lipinski definition) is 4. The standard InChI is InChI=1S/C15H17NO2S/c1-9-3-6-15(19-9)14-8-12(16)11-5-4-10(17-2)7-13(11)18-14/h3-7,12,14H,8,16H2,1-2H3/t12-,14?/m0/s1. The summed E-state index contributed by atoms with van der Waals surface area (Å²) < 4.78 is 11.3. The minimum Gasteiger partial charge on any atom is -0.497 e. The molecule has 0 saturated carbocycles. The highest BCUT2D eigenvalue weighted by Crippen LogP contribution is 2.42. The highest BCUT2D eigenvalue weighted by atomic mass is 32.1. The normalized spacial score (nSPS) is 21.6. The Morgan fingerprint density at radius 3 is 2.84 bits per heavy atom. The maximum Gasteiger partial charge on any atom is 0.135 e. The predicted octanol–water partition coefficient (Wildman–Crippen LogP) is 3.59. The van der Waals surface area contributed by atoms with Crippen LogP contribution in [-0.2, 0) is 0 Å². The molecule has 0 aliphatic carbocycles. The van der Waals surface area contributed by atoms with Crippen LogP contribution in [0.5, 0.6) is 11.5 Å². The van der Waals surface area contributed by atoms with E-state index in [1.807, 2.05) is 18.2 Å². The lowest BCUT2D eigenvalue weighted by Gasteiger charge is -2.30. The Bertz CT molecular complexity index is 594.